The number of rotatable bonds is 5. The second-order valence-electron chi connectivity index (χ2n) is 2.93. The zero-order chi connectivity index (χ0) is 17.8. The third-order valence-corrected chi connectivity index (χ3v) is 1.25. The first kappa shape index (κ1) is 57.2. The zero-order valence-electron chi connectivity index (χ0n) is 15.8. The van der Waals surface area contributed by atoms with E-state index in [4.69, 9.17) is 35.1 Å². The molecule has 0 unspecified atom stereocenters. The van der Waals surface area contributed by atoms with Crippen LogP contribution in [0, 0.1) is 0 Å². The number of aliphatic carboxylic acids is 3. The van der Waals surface area contributed by atoms with Crippen molar-refractivity contribution in [2.24, 2.45) is 0 Å². The van der Waals surface area contributed by atoms with Crippen LogP contribution in [0.3, 0.4) is 0 Å². The van der Waals surface area contributed by atoms with Crippen LogP contribution in [0.1, 0.15) is 12.8 Å². The van der Waals surface area contributed by atoms with Crippen molar-refractivity contribution < 1.29 is 242 Å². The first-order chi connectivity index (χ1) is 9.24. The van der Waals surface area contributed by atoms with Crippen molar-refractivity contribution in [2.75, 3.05) is 0 Å². The molecule has 0 amide bonds. The van der Waals surface area contributed by atoms with E-state index in [1.807, 2.05) is 0 Å². The van der Waals surface area contributed by atoms with E-state index in [1.165, 1.54) is 0 Å². The smallest absolute Gasteiger partial charge is 0.652 e. The molecule has 0 saturated heterocycles. The van der Waals surface area contributed by atoms with Gasteiger partial charge >= 0.3 is 177 Å². The summed E-state index contributed by atoms with van der Waals surface area (Å²) in [6, 6.07) is 0. The molecule has 27 heavy (non-hydrogen) atoms. The predicted molar refractivity (Wildman–Crippen MR) is 42.6 cm³/mol. The molecular formula is C8H6Na6O13. The van der Waals surface area contributed by atoms with Gasteiger partial charge in [-0.25, -0.2) is 0 Å². The van der Waals surface area contributed by atoms with Crippen LogP contribution in [-0.4, -0.2) is 46.0 Å². The van der Waals surface area contributed by atoms with Crippen LogP contribution >= 0.6 is 0 Å². The van der Waals surface area contributed by atoms with Crippen molar-refractivity contribution in [3.05, 3.63) is 0 Å². The number of aliphatic hydroxyl groups is 1. The van der Waals surface area contributed by atoms with E-state index >= 15 is 0 Å². The number of carbonyl (C=O) groups is 5. The SMILES string of the molecule is O=C([O-])CC(O)(CC(=O)[O-])C(=O)[O-].O=C([O-])O.O=C([O-])[O-].[Na+].[Na+].[Na+].[Na+].[Na+].[Na+]. The summed E-state index contributed by atoms with van der Waals surface area (Å²) in [5.74, 6) is -5.98. The summed E-state index contributed by atoms with van der Waals surface area (Å²) in [6.07, 6.45) is -7.13. The standard InChI is InChI=1S/C6H8O7.2CH2O3.6Na/c7-3(8)1-6(13,5(11)12)2-4(9)10;2*2-1(3)4;;;;;;/h13H,1-2H2,(H,7,8)(H,9,10)(H,11,12);2*(H2,2,3,4);;;;;;/q;;;6*+1/p-6. The quantitative estimate of drug-likeness (QED) is 0.370. The molecule has 0 aliphatic heterocycles. The summed E-state index contributed by atoms with van der Waals surface area (Å²) >= 11 is 0. The molecule has 0 aliphatic carbocycles. The Balaban J connectivity index is -0.0000000287. The normalized spacial score (nSPS) is 7.00. The van der Waals surface area contributed by atoms with E-state index in [0.29, 0.717) is 0 Å². The number of carbonyl (C=O) groups excluding carboxylic acids is 4. The van der Waals surface area contributed by atoms with E-state index in [0.717, 1.165) is 0 Å². The second kappa shape index (κ2) is 33.5. The molecule has 13 nitrogen and oxygen atoms in total. The van der Waals surface area contributed by atoms with Crippen molar-refractivity contribution >= 4 is 30.2 Å². The molecule has 0 radical (unpaired) electrons. The summed E-state index contributed by atoms with van der Waals surface area (Å²) < 4.78 is 0. The molecule has 0 heterocycles. The third kappa shape index (κ3) is 58.5. The maximum atomic E-state index is 10.1. The summed E-state index contributed by atoms with van der Waals surface area (Å²) in [6.45, 7) is 0. The van der Waals surface area contributed by atoms with E-state index in [1.54, 1.807) is 0 Å². The van der Waals surface area contributed by atoms with Crippen molar-refractivity contribution in [3.8, 4) is 0 Å². The van der Waals surface area contributed by atoms with Gasteiger partial charge in [0.05, 0.1) is 5.97 Å². The summed E-state index contributed by atoms with van der Waals surface area (Å²) in [5.41, 5.74) is -2.97. The molecule has 0 aromatic carbocycles. The van der Waals surface area contributed by atoms with Gasteiger partial charge in [0.25, 0.3) is 0 Å². The fourth-order valence-corrected chi connectivity index (χ4v) is 0.684. The van der Waals surface area contributed by atoms with Gasteiger partial charge in [0, 0.05) is 24.8 Å². The minimum atomic E-state index is -2.97. The summed E-state index contributed by atoms with van der Waals surface area (Å²) in [5, 5.41) is 70.9. The number of hydrogen-bond donors (Lipinski definition) is 2. The fraction of sp³-hybridized carbons (Fsp3) is 0.375. The van der Waals surface area contributed by atoms with Crippen LogP contribution in [0.4, 0.5) is 9.59 Å². The number of hydrogen-bond acceptors (Lipinski definition) is 12. The van der Waals surface area contributed by atoms with Gasteiger partial charge in [-0.1, -0.05) is 0 Å². The van der Waals surface area contributed by atoms with Gasteiger partial charge in [-0.15, -0.1) is 0 Å². The molecule has 0 saturated carbocycles. The molecular weight excluding hydrogens is 442 g/mol. The monoisotopic (exact) mass is 448 g/mol. The van der Waals surface area contributed by atoms with Crippen LogP contribution in [-0.2, 0) is 14.4 Å². The predicted octanol–water partition coefficient (Wildman–Crippen LogP) is -26.8. The zero-order valence-corrected chi connectivity index (χ0v) is 27.8. The molecule has 0 rings (SSSR count). The molecule has 0 aliphatic rings. The summed E-state index contributed by atoms with van der Waals surface area (Å²) in [4.78, 5) is 46.8. The Hall–Kier alpha value is 2.91. The van der Waals surface area contributed by atoms with Crippen LogP contribution in [0.5, 0.6) is 0 Å². The van der Waals surface area contributed by atoms with E-state index < -0.39 is 48.7 Å². The minimum absolute atomic E-state index is 0. The van der Waals surface area contributed by atoms with Gasteiger partial charge in [-0.3, -0.25) is 0 Å². The molecule has 0 aromatic rings. The molecule has 0 bridgehead atoms. The van der Waals surface area contributed by atoms with Gasteiger partial charge in [-0.2, -0.15) is 0 Å². The largest absolute Gasteiger partial charge is 1.00 e. The van der Waals surface area contributed by atoms with Gasteiger partial charge < -0.3 is 64.8 Å². The molecule has 2 N–H and O–H groups in total. The Kier molecular flexibility index (Phi) is 71.0. The molecule has 0 atom stereocenters. The van der Waals surface area contributed by atoms with Crippen molar-refractivity contribution in [1.82, 2.24) is 0 Å². The number of carboxylic acids is 3. The molecule has 122 valence electrons. The molecule has 0 fully saturated rings. The van der Waals surface area contributed by atoms with E-state index in [-0.39, 0.29) is 177 Å². The fourth-order valence-electron chi connectivity index (χ4n) is 0.684. The first-order valence-electron chi connectivity index (χ1n) is 4.36. The van der Waals surface area contributed by atoms with Crippen LogP contribution in [0.15, 0.2) is 0 Å². The van der Waals surface area contributed by atoms with Gasteiger partial charge in [0.2, 0.25) is 6.16 Å². The van der Waals surface area contributed by atoms with Crippen LogP contribution in [0.2, 0.25) is 0 Å². The third-order valence-electron chi connectivity index (χ3n) is 1.25. The second-order valence-corrected chi connectivity index (χ2v) is 2.93. The maximum absolute atomic E-state index is 10.1. The Bertz CT molecular complexity index is 382. The maximum Gasteiger partial charge on any atom is 1.00 e. The van der Waals surface area contributed by atoms with Crippen molar-refractivity contribution in [1.29, 1.82) is 0 Å². The summed E-state index contributed by atoms with van der Waals surface area (Å²) in [7, 11) is 0. The van der Waals surface area contributed by atoms with E-state index in [2.05, 4.69) is 0 Å². The van der Waals surface area contributed by atoms with Crippen molar-refractivity contribution in [3.63, 3.8) is 0 Å². The van der Waals surface area contributed by atoms with Gasteiger partial charge in [-0.05, 0) is 6.16 Å². The Morgan fingerprint density at radius 1 is 0.630 bits per heavy atom. The first-order valence-corrected chi connectivity index (χ1v) is 4.36. The van der Waals surface area contributed by atoms with Crippen LogP contribution < -0.4 is 208 Å². The average molecular weight is 448 g/mol. The topological polar surface area (TPSA) is 264 Å². The van der Waals surface area contributed by atoms with Gasteiger partial charge in [0.15, 0.2) is 0 Å². The average Bonchev–Trinajstić information content (AvgIpc) is 2.11. The molecule has 0 spiro atoms. The molecule has 19 heteroatoms. The Morgan fingerprint density at radius 2 is 0.778 bits per heavy atom. The van der Waals surface area contributed by atoms with E-state index in [9.17, 15) is 29.7 Å². The van der Waals surface area contributed by atoms with Crippen molar-refractivity contribution in [2.45, 2.75) is 18.4 Å². The van der Waals surface area contributed by atoms with Crippen LogP contribution in [0.25, 0.3) is 0 Å². The Labute approximate surface area is 285 Å². The van der Waals surface area contributed by atoms with Gasteiger partial charge in [0.1, 0.15) is 5.60 Å². The molecule has 0 aromatic heterocycles. The number of carboxylic acid groups (broad SMARTS) is 7. The Morgan fingerprint density at radius 3 is 0.852 bits per heavy atom. The minimum Gasteiger partial charge on any atom is -0.652 e.